The topological polar surface area (TPSA) is 60.5 Å². The van der Waals surface area contributed by atoms with Gasteiger partial charge in [-0.05, 0) is 24.6 Å². The zero-order chi connectivity index (χ0) is 9.68. The van der Waals surface area contributed by atoms with Gasteiger partial charge in [-0.1, -0.05) is 22.9 Å². The van der Waals surface area contributed by atoms with Gasteiger partial charge in [0.1, 0.15) is 0 Å². The molecule has 0 amide bonds. The van der Waals surface area contributed by atoms with Crippen LogP contribution in [0.2, 0.25) is 5.02 Å². The first-order valence-electron chi connectivity index (χ1n) is 3.55. The minimum atomic E-state index is 0. The number of hydrogen-bond donors (Lipinski definition) is 1. The van der Waals surface area contributed by atoms with E-state index in [1.807, 2.05) is 13.0 Å². The van der Waals surface area contributed by atoms with Gasteiger partial charge in [0.15, 0.2) is 6.19 Å². The van der Waals surface area contributed by atoms with E-state index >= 15 is 0 Å². The van der Waals surface area contributed by atoms with Crippen molar-refractivity contribution < 1.29 is 29.6 Å². The average molecular weight is 218 g/mol. The molecule has 0 aromatic heterocycles. The third-order valence-corrected chi connectivity index (χ3v) is 1.66. The molecule has 14 heavy (non-hydrogen) atoms. The predicted molar refractivity (Wildman–Crippen MR) is 49.5 cm³/mol. The van der Waals surface area contributed by atoms with Gasteiger partial charge in [-0.3, -0.25) is 0 Å². The Kier molecular flexibility index (Phi) is 6.50. The van der Waals surface area contributed by atoms with Crippen LogP contribution in [0.3, 0.4) is 0 Å². The SMILES string of the molecule is Cc1ccc(Cl)cc1N=NNC#N.[Na+]. The van der Waals surface area contributed by atoms with Gasteiger partial charge < -0.3 is 0 Å². The number of nitriles is 1. The zero-order valence-electron chi connectivity index (χ0n) is 7.95. The number of benzene rings is 1. The molecule has 0 spiro atoms. The second-order valence-corrected chi connectivity index (χ2v) is 2.79. The van der Waals surface area contributed by atoms with Crippen LogP contribution in [0.25, 0.3) is 0 Å². The molecule has 4 nitrogen and oxygen atoms in total. The van der Waals surface area contributed by atoms with Crippen molar-refractivity contribution in [3.63, 3.8) is 0 Å². The molecule has 0 unspecified atom stereocenters. The van der Waals surface area contributed by atoms with Crippen molar-refractivity contribution in [2.75, 3.05) is 0 Å². The first-order chi connectivity index (χ1) is 6.24. The summed E-state index contributed by atoms with van der Waals surface area (Å²) < 4.78 is 0. The molecule has 0 saturated carbocycles. The Morgan fingerprint density at radius 2 is 2.21 bits per heavy atom. The molecule has 0 atom stereocenters. The van der Waals surface area contributed by atoms with Crippen molar-refractivity contribution >= 4 is 17.3 Å². The maximum Gasteiger partial charge on any atom is 1.00 e. The van der Waals surface area contributed by atoms with Gasteiger partial charge >= 0.3 is 29.6 Å². The standard InChI is InChI=1S/C8H7ClN4.Na/c1-6-2-3-7(9)4-8(6)12-13-11-5-10;/h2-4H,1H3,(H,11,12);/q;+1. The summed E-state index contributed by atoms with van der Waals surface area (Å²) >= 11 is 5.74. The fraction of sp³-hybridized carbons (Fsp3) is 0.125. The van der Waals surface area contributed by atoms with Crippen molar-refractivity contribution in [3.8, 4) is 6.19 Å². The van der Waals surface area contributed by atoms with E-state index < -0.39 is 0 Å². The summed E-state index contributed by atoms with van der Waals surface area (Å²) in [6.45, 7) is 1.89. The molecule has 0 bridgehead atoms. The summed E-state index contributed by atoms with van der Waals surface area (Å²) in [6.07, 6.45) is 1.63. The van der Waals surface area contributed by atoms with Crippen LogP contribution in [0.15, 0.2) is 28.5 Å². The molecule has 1 aromatic rings. The third-order valence-electron chi connectivity index (χ3n) is 1.43. The van der Waals surface area contributed by atoms with Crippen molar-refractivity contribution in [1.82, 2.24) is 5.43 Å². The zero-order valence-corrected chi connectivity index (χ0v) is 10.7. The Balaban J connectivity index is 0.00000169. The molecule has 1 aromatic carbocycles. The monoisotopic (exact) mass is 217 g/mol. The molecule has 0 saturated heterocycles. The van der Waals surface area contributed by atoms with Crippen LogP contribution < -0.4 is 35.0 Å². The maximum absolute atomic E-state index is 8.13. The quantitative estimate of drug-likeness (QED) is 0.244. The van der Waals surface area contributed by atoms with Crippen LogP contribution in [-0.2, 0) is 0 Å². The Hall–Kier alpha value is -0.600. The van der Waals surface area contributed by atoms with Gasteiger partial charge in [0, 0.05) is 5.02 Å². The van der Waals surface area contributed by atoms with Gasteiger partial charge in [0.2, 0.25) is 0 Å². The summed E-state index contributed by atoms with van der Waals surface area (Å²) in [5, 5.41) is 15.9. The number of hydrogen-bond acceptors (Lipinski definition) is 3. The molecule has 0 aliphatic heterocycles. The van der Waals surface area contributed by atoms with E-state index in [2.05, 4.69) is 15.8 Å². The molecular formula is C8H7ClN4Na+. The molecule has 0 heterocycles. The molecule has 0 aliphatic carbocycles. The second kappa shape index (κ2) is 6.80. The number of nitrogens with one attached hydrogen (secondary N) is 1. The van der Waals surface area contributed by atoms with Crippen LogP contribution in [0.4, 0.5) is 5.69 Å². The van der Waals surface area contributed by atoms with E-state index in [-0.39, 0.29) is 29.6 Å². The predicted octanol–water partition coefficient (Wildman–Crippen LogP) is -0.278. The van der Waals surface area contributed by atoms with Crippen molar-refractivity contribution in [2.45, 2.75) is 6.92 Å². The first kappa shape index (κ1) is 13.4. The van der Waals surface area contributed by atoms with E-state index in [4.69, 9.17) is 16.9 Å². The number of aryl methyl sites for hydroxylation is 1. The molecule has 0 radical (unpaired) electrons. The van der Waals surface area contributed by atoms with E-state index in [1.54, 1.807) is 18.3 Å². The Labute approximate surface area is 109 Å². The Bertz CT molecular complexity index is 372. The normalized spacial score (nSPS) is 9.21. The van der Waals surface area contributed by atoms with E-state index in [1.165, 1.54) is 0 Å². The molecule has 66 valence electrons. The fourth-order valence-electron chi connectivity index (χ4n) is 0.792. The van der Waals surface area contributed by atoms with Gasteiger partial charge in [-0.25, -0.2) is 0 Å². The summed E-state index contributed by atoms with van der Waals surface area (Å²) in [7, 11) is 0. The molecular weight excluding hydrogens is 211 g/mol. The minimum Gasteiger partial charge on any atom is -0.194 e. The van der Waals surface area contributed by atoms with Crippen LogP contribution >= 0.6 is 11.6 Å². The molecule has 0 fully saturated rings. The van der Waals surface area contributed by atoms with Crippen LogP contribution in [0.5, 0.6) is 0 Å². The summed E-state index contributed by atoms with van der Waals surface area (Å²) in [6, 6.07) is 5.29. The van der Waals surface area contributed by atoms with Crippen molar-refractivity contribution in [3.05, 3.63) is 28.8 Å². The Morgan fingerprint density at radius 1 is 1.50 bits per heavy atom. The summed E-state index contributed by atoms with van der Waals surface area (Å²) in [4.78, 5) is 0. The van der Waals surface area contributed by atoms with Crippen LogP contribution in [-0.4, -0.2) is 0 Å². The second-order valence-electron chi connectivity index (χ2n) is 2.35. The van der Waals surface area contributed by atoms with E-state index in [9.17, 15) is 0 Å². The molecule has 6 heteroatoms. The maximum atomic E-state index is 8.13. The third kappa shape index (κ3) is 4.07. The summed E-state index contributed by atoms with van der Waals surface area (Å²) in [5.74, 6) is 0. The Morgan fingerprint density at radius 3 is 2.86 bits per heavy atom. The number of halogens is 1. The number of nitrogens with zero attached hydrogens (tertiary/aromatic N) is 3. The molecule has 1 N–H and O–H groups in total. The van der Waals surface area contributed by atoms with Gasteiger partial charge in [-0.2, -0.15) is 10.7 Å². The minimum absolute atomic E-state index is 0. The average Bonchev–Trinajstić information content (AvgIpc) is 2.11. The van der Waals surface area contributed by atoms with Crippen LogP contribution in [0.1, 0.15) is 5.56 Å². The smallest absolute Gasteiger partial charge is 0.194 e. The van der Waals surface area contributed by atoms with Gasteiger partial charge in [0.05, 0.1) is 5.69 Å². The molecule has 1 rings (SSSR count). The number of rotatable bonds is 2. The molecule has 0 aliphatic rings. The fourth-order valence-corrected chi connectivity index (χ4v) is 0.958. The summed E-state index contributed by atoms with van der Waals surface area (Å²) in [5.41, 5.74) is 3.66. The first-order valence-corrected chi connectivity index (χ1v) is 3.93. The van der Waals surface area contributed by atoms with E-state index in [0.29, 0.717) is 10.7 Å². The van der Waals surface area contributed by atoms with Crippen molar-refractivity contribution in [1.29, 1.82) is 5.26 Å². The van der Waals surface area contributed by atoms with Crippen molar-refractivity contribution in [2.24, 2.45) is 10.3 Å². The largest absolute Gasteiger partial charge is 1.00 e. The van der Waals surface area contributed by atoms with Gasteiger partial charge in [0.25, 0.3) is 0 Å². The van der Waals surface area contributed by atoms with Gasteiger partial charge in [-0.15, -0.1) is 5.11 Å². The van der Waals surface area contributed by atoms with Crippen LogP contribution in [0, 0.1) is 18.4 Å². The van der Waals surface area contributed by atoms with E-state index in [0.717, 1.165) is 5.56 Å².